The number of hydrogen-bond donors (Lipinski definition) is 1. The number of rotatable bonds is 3. The molecule has 1 N–H and O–H groups in total. The highest BCUT2D eigenvalue weighted by Gasteiger charge is 2.19. The van der Waals surface area contributed by atoms with Gasteiger partial charge in [0.15, 0.2) is 5.78 Å². The Balaban J connectivity index is 1.98. The highest BCUT2D eigenvalue weighted by Crippen LogP contribution is 2.19. The molecule has 1 unspecified atom stereocenters. The zero-order valence-electron chi connectivity index (χ0n) is 8.38. The fourth-order valence-electron chi connectivity index (χ4n) is 1.94. The maximum absolute atomic E-state index is 11.8. The van der Waals surface area contributed by atoms with Gasteiger partial charge in [0.1, 0.15) is 0 Å². The van der Waals surface area contributed by atoms with Crippen LogP contribution in [0.3, 0.4) is 0 Å². The SMILES string of the molecule is Cc1sccc1C(=O)CC1CCCN1. The van der Waals surface area contributed by atoms with E-state index in [9.17, 15) is 4.79 Å². The van der Waals surface area contributed by atoms with E-state index in [1.54, 1.807) is 11.3 Å². The van der Waals surface area contributed by atoms with Crippen molar-refractivity contribution in [2.24, 2.45) is 0 Å². The van der Waals surface area contributed by atoms with Crippen LogP contribution in [0.1, 0.15) is 34.5 Å². The van der Waals surface area contributed by atoms with Crippen molar-refractivity contribution in [3.05, 3.63) is 21.9 Å². The van der Waals surface area contributed by atoms with E-state index in [1.165, 1.54) is 6.42 Å². The quantitative estimate of drug-likeness (QED) is 0.774. The highest BCUT2D eigenvalue weighted by molar-refractivity contribution is 7.10. The van der Waals surface area contributed by atoms with Crippen LogP contribution in [-0.4, -0.2) is 18.4 Å². The van der Waals surface area contributed by atoms with E-state index in [-0.39, 0.29) is 0 Å². The van der Waals surface area contributed by atoms with Crippen molar-refractivity contribution in [2.45, 2.75) is 32.2 Å². The molecule has 1 atom stereocenters. The lowest BCUT2D eigenvalue weighted by molar-refractivity contribution is 0.0971. The number of carbonyl (C=O) groups excluding carboxylic acids is 1. The van der Waals surface area contributed by atoms with Gasteiger partial charge < -0.3 is 5.32 Å². The molecule has 1 aliphatic heterocycles. The predicted molar refractivity (Wildman–Crippen MR) is 59.0 cm³/mol. The summed E-state index contributed by atoms with van der Waals surface area (Å²) in [7, 11) is 0. The number of ketones is 1. The lowest BCUT2D eigenvalue weighted by Crippen LogP contribution is -2.24. The normalized spacial score (nSPS) is 21.4. The third-order valence-electron chi connectivity index (χ3n) is 2.75. The standard InChI is InChI=1S/C11H15NOS/c1-8-10(4-6-14-8)11(13)7-9-3-2-5-12-9/h4,6,9,12H,2-3,5,7H2,1H3. The average Bonchev–Trinajstić information content (AvgIpc) is 2.75. The zero-order valence-corrected chi connectivity index (χ0v) is 9.19. The van der Waals surface area contributed by atoms with Crippen LogP contribution in [0.4, 0.5) is 0 Å². The van der Waals surface area contributed by atoms with Gasteiger partial charge in [-0.1, -0.05) is 0 Å². The molecule has 0 radical (unpaired) electrons. The van der Waals surface area contributed by atoms with E-state index in [1.807, 2.05) is 18.4 Å². The van der Waals surface area contributed by atoms with E-state index >= 15 is 0 Å². The first-order valence-corrected chi connectivity index (χ1v) is 5.96. The first-order chi connectivity index (χ1) is 6.77. The van der Waals surface area contributed by atoms with Crippen LogP contribution in [0.2, 0.25) is 0 Å². The van der Waals surface area contributed by atoms with Gasteiger partial charge in [0.05, 0.1) is 0 Å². The van der Waals surface area contributed by atoms with E-state index in [0.29, 0.717) is 18.2 Å². The topological polar surface area (TPSA) is 29.1 Å². The summed E-state index contributed by atoms with van der Waals surface area (Å²) in [5, 5.41) is 5.34. The second-order valence-electron chi connectivity index (χ2n) is 3.81. The van der Waals surface area contributed by atoms with Crippen LogP contribution in [0.25, 0.3) is 0 Å². The molecule has 14 heavy (non-hydrogen) atoms. The van der Waals surface area contributed by atoms with Gasteiger partial charge in [-0.05, 0) is 37.8 Å². The molecule has 1 aliphatic rings. The lowest BCUT2D eigenvalue weighted by Gasteiger charge is -2.08. The van der Waals surface area contributed by atoms with Crippen molar-refractivity contribution in [3.63, 3.8) is 0 Å². The zero-order chi connectivity index (χ0) is 9.97. The van der Waals surface area contributed by atoms with Gasteiger partial charge in [-0.25, -0.2) is 0 Å². The van der Waals surface area contributed by atoms with Gasteiger partial charge in [0.2, 0.25) is 0 Å². The molecule has 2 heterocycles. The van der Waals surface area contributed by atoms with Gasteiger partial charge >= 0.3 is 0 Å². The van der Waals surface area contributed by atoms with Crippen LogP contribution in [0.15, 0.2) is 11.4 Å². The Morgan fingerprint density at radius 2 is 2.57 bits per heavy atom. The minimum atomic E-state index is 0.295. The van der Waals surface area contributed by atoms with E-state index in [2.05, 4.69) is 5.32 Å². The third-order valence-corrected chi connectivity index (χ3v) is 3.60. The molecule has 1 saturated heterocycles. The summed E-state index contributed by atoms with van der Waals surface area (Å²) in [6.07, 6.45) is 3.02. The Hall–Kier alpha value is -0.670. The Morgan fingerprint density at radius 3 is 3.14 bits per heavy atom. The van der Waals surface area contributed by atoms with Crippen LogP contribution in [-0.2, 0) is 0 Å². The molecular weight excluding hydrogens is 194 g/mol. The van der Waals surface area contributed by atoms with Gasteiger partial charge in [0, 0.05) is 22.9 Å². The molecule has 3 heteroatoms. The Kier molecular flexibility index (Phi) is 2.99. The van der Waals surface area contributed by atoms with Crippen LogP contribution in [0.5, 0.6) is 0 Å². The van der Waals surface area contributed by atoms with Crippen molar-refractivity contribution < 1.29 is 4.79 Å². The molecule has 0 aliphatic carbocycles. The fourth-order valence-corrected chi connectivity index (χ4v) is 2.66. The smallest absolute Gasteiger partial charge is 0.165 e. The van der Waals surface area contributed by atoms with Crippen molar-refractivity contribution in [1.82, 2.24) is 5.32 Å². The molecule has 0 bridgehead atoms. The third kappa shape index (κ3) is 2.04. The number of carbonyl (C=O) groups is 1. The van der Waals surface area contributed by atoms with Gasteiger partial charge in [-0.2, -0.15) is 0 Å². The van der Waals surface area contributed by atoms with Crippen molar-refractivity contribution in [1.29, 1.82) is 0 Å². The summed E-state index contributed by atoms with van der Waals surface area (Å²) in [5.41, 5.74) is 0.920. The van der Waals surface area contributed by atoms with Gasteiger partial charge in [-0.3, -0.25) is 4.79 Å². The number of thiophene rings is 1. The van der Waals surface area contributed by atoms with E-state index in [0.717, 1.165) is 23.4 Å². The predicted octanol–water partition coefficient (Wildman–Crippen LogP) is 2.38. The fraction of sp³-hybridized carbons (Fsp3) is 0.545. The Bertz CT molecular complexity index is 326. The molecule has 2 rings (SSSR count). The molecule has 1 aromatic rings. The molecule has 76 valence electrons. The summed E-state index contributed by atoms with van der Waals surface area (Å²) in [6.45, 7) is 3.08. The summed E-state index contributed by atoms with van der Waals surface area (Å²) >= 11 is 1.65. The molecule has 2 nitrogen and oxygen atoms in total. The van der Waals surface area contributed by atoms with Gasteiger partial charge in [0.25, 0.3) is 0 Å². The maximum atomic E-state index is 11.8. The van der Waals surface area contributed by atoms with Gasteiger partial charge in [-0.15, -0.1) is 11.3 Å². The molecule has 0 saturated carbocycles. The van der Waals surface area contributed by atoms with Crippen molar-refractivity contribution >= 4 is 17.1 Å². The van der Waals surface area contributed by atoms with Crippen molar-refractivity contribution in [3.8, 4) is 0 Å². The number of aryl methyl sites for hydroxylation is 1. The first kappa shape index (κ1) is 9.87. The molecule has 1 fully saturated rings. The largest absolute Gasteiger partial charge is 0.314 e. The Morgan fingerprint density at radius 1 is 1.71 bits per heavy atom. The second-order valence-corrected chi connectivity index (χ2v) is 4.93. The lowest BCUT2D eigenvalue weighted by atomic mass is 10.0. The summed E-state index contributed by atoms with van der Waals surface area (Å²) in [4.78, 5) is 13.0. The molecule has 0 aromatic carbocycles. The monoisotopic (exact) mass is 209 g/mol. The number of hydrogen-bond acceptors (Lipinski definition) is 3. The first-order valence-electron chi connectivity index (χ1n) is 5.08. The highest BCUT2D eigenvalue weighted by atomic mass is 32.1. The second kappa shape index (κ2) is 4.24. The number of Topliss-reactive ketones (excluding diaryl/α,β-unsaturated/α-hetero) is 1. The maximum Gasteiger partial charge on any atom is 0.165 e. The summed E-state index contributed by atoms with van der Waals surface area (Å²) in [6, 6.07) is 2.36. The van der Waals surface area contributed by atoms with E-state index < -0.39 is 0 Å². The molecular formula is C11H15NOS. The summed E-state index contributed by atoms with van der Waals surface area (Å²) < 4.78 is 0. The molecule has 0 amide bonds. The number of nitrogens with one attached hydrogen (secondary N) is 1. The summed E-state index contributed by atoms with van der Waals surface area (Å²) in [5.74, 6) is 0.295. The molecule has 0 spiro atoms. The minimum Gasteiger partial charge on any atom is -0.314 e. The van der Waals surface area contributed by atoms with Crippen molar-refractivity contribution in [2.75, 3.05) is 6.54 Å². The average molecular weight is 209 g/mol. The molecule has 1 aromatic heterocycles. The van der Waals surface area contributed by atoms with Crippen LogP contribution < -0.4 is 5.32 Å². The van der Waals surface area contributed by atoms with E-state index in [4.69, 9.17) is 0 Å². The van der Waals surface area contributed by atoms with Crippen LogP contribution in [0, 0.1) is 6.92 Å². The van der Waals surface area contributed by atoms with Crippen LogP contribution >= 0.6 is 11.3 Å². The Labute approximate surface area is 88.3 Å². The minimum absolute atomic E-state index is 0.295.